The predicted octanol–water partition coefficient (Wildman–Crippen LogP) is 4.38. The van der Waals surface area contributed by atoms with Gasteiger partial charge < -0.3 is 14.8 Å². The molecule has 0 bridgehead atoms. The van der Waals surface area contributed by atoms with Crippen LogP contribution >= 0.6 is 0 Å². The number of ether oxygens (including phenoxy) is 2. The van der Waals surface area contributed by atoms with E-state index < -0.39 is 10.0 Å². The van der Waals surface area contributed by atoms with Crippen LogP contribution in [-0.2, 0) is 21.2 Å². The number of anilines is 2. The fourth-order valence-corrected chi connectivity index (χ4v) is 4.13. The first-order chi connectivity index (χ1) is 15.3. The van der Waals surface area contributed by atoms with Crippen LogP contribution in [0, 0.1) is 6.92 Å². The summed E-state index contributed by atoms with van der Waals surface area (Å²) in [5.41, 5.74) is 2.90. The van der Waals surface area contributed by atoms with E-state index in [0.29, 0.717) is 28.4 Å². The highest BCUT2D eigenvalue weighted by Gasteiger charge is 2.16. The molecule has 32 heavy (non-hydrogen) atoms. The maximum atomic E-state index is 12.7. The molecule has 0 aliphatic heterocycles. The van der Waals surface area contributed by atoms with Crippen LogP contribution in [0.4, 0.5) is 11.4 Å². The molecule has 0 unspecified atom stereocenters. The second-order valence-electron chi connectivity index (χ2n) is 7.15. The van der Waals surface area contributed by atoms with Gasteiger partial charge in [0.25, 0.3) is 15.9 Å². The Morgan fingerprint density at radius 3 is 2.19 bits per heavy atom. The summed E-state index contributed by atoms with van der Waals surface area (Å²) < 4.78 is 38.6. The standard InChI is InChI=1S/C24H26N2O5S/c1-4-18-5-7-19(8-6-18)25-24(27)16-31-23-14-13-22(15-17(23)2)32(28,29)26-20-9-11-21(30-3)12-10-20/h5-15,26H,4,16H2,1-3H3,(H,25,27). The van der Waals surface area contributed by atoms with Crippen molar-refractivity contribution in [2.75, 3.05) is 23.8 Å². The molecule has 7 nitrogen and oxygen atoms in total. The lowest BCUT2D eigenvalue weighted by Crippen LogP contribution is -2.20. The molecule has 0 atom stereocenters. The first-order valence-corrected chi connectivity index (χ1v) is 11.6. The molecule has 2 N–H and O–H groups in total. The molecule has 1 amide bonds. The second kappa shape index (κ2) is 10.2. The van der Waals surface area contributed by atoms with E-state index in [4.69, 9.17) is 9.47 Å². The number of hydrogen-bond acceptors (Lipinski definition) is 5. The molecule has 0 heterocycles. The average molecular weight is 455 g/mol. The van der Waals surface area contributed by atoms with Crippen molar-refractivity contribution in [3.05, 3.63) is 77.9 Å². The molecule has 0 spiro atoms. The smallest absolute Gasteiger partial charge is 0.262 e. The summed E-state index contributed by atoms with van der Waals surface area (Å²) in [5, 5.41) is 2.78. The zero-order chi connectivity index (χ0) is 23.1. The van der Waals surface area contributed by atoms with Gasteiger partial charge in [0.05, 0.1) is 12.0 Å². The van der Waals surface area contributed by atoms with Crippen molar-refractivity contribution in [2.24, 2.45) is 0 Å². The number of rotatable bonds is 9. The van der Waals surface area contributed by atoms with Gasteiger partial charge in [-0.25, -0.2) is 8.42 Å². The lowest BCUT2D eigenvalue weighted by molar-refractivity contribution is -0.118. The largest absolute Gasteiger partial charge is 0.497 e. The Kier molecular flexibility index (Phi) is 7.37. The zero-order valence-electron chi connectivity index (χ0n) is 18.2. The zero-order valence-corrected chi connectivity index (χ0v) is 19.0. The van der Waals surface area contributed by atoms with E-state index in [1.165, 1.54) is 17.7 Å². The number of amides is 1. The van der Waals surface area contributed by atoms with E-state index >= 15 is 0 Å². The third kappa shape index (κ3) is 6.01. The number of carbonyl (C=O) groups excluding carboxylic acids is 1. The lowest BCUT2D eigenvalue weighted by Gasteiger charge is -2.13. The molecule has 0 radical (unpaired) electrons. The van der Waals surface area contributed by atoms with E-state index in [-0.39, 0.29) is 17.4 Å². The van der Waals surface area contributed by atoms with Crippen LogP contribution in [0.2, 0.25) is 0 Å². The summed E-state index contributed by atoms with van der Waals surface area (Å²) in [6.07, 6.45) is 0.929. The van der Waals surface area contributed by atoms with Crippen LogP contribution in [0.1, 0.15) is 18.1 Å². The number of methoxy groups -OCH3 is 1. The molecule has 3 rings (SSSR count). The molecule has 8 heteroatoms. The minimum Gasteiger partial charge on any atom is -0.497 e. The molecule has 0 aliphatic carbocycles. The molecule has 0 saturated heterocycles. The number of hydrogen-bond donors (Lipinski definition) is 2. The topological polar surface area (TPSA) is 93.7 Å². The van der Waals surface area contributed by atoms with Gasteiger partial charge in [0.1, 0.15) is 11.5 Å². The third-order valence-electron chi connectivity index (χ3n) is 4.80. The fourth-order valence-electron chi connectivity index (χ4n) is 2.99. The highest BCUT2D eigenvalue weighted by molar-refractivity contribution is 7.92. The number of benzene rings is 3. The van der Waals surface area contributed by atoms with Crippen LogP contribution in [0.3, 0.4) is 0 Å². The van der Waals surface area contributed by atoms with E-state index in [9.17, 15) is 13.2 Å². The van der Waals surface area contributed by atoms with Crippen molar-refractivity contribution >= 4 is 27.3 Å². The Hall–Kier alpha value is -3.52. The van der Waals surface area contributed by atoms with Crippen LogP contribution < -0.4 is 19.5 Å². The predicted molar refractivity (Wildman–Crippen MR) is 125 cm³/mol. The van der Waals surface area contributed by atoms with Crippen molar-refractivity contribution in [1.82, 2.24) is 0 Å². The van der Waals surface area contributed by atoms with Gasteiger partial charge in [-0.3, -0.25) is 9.52 Å². The molecular formula is C24H26N2O5S. The van der Waals surface area contributed by atoms with Crippen LogP contribution in [0.25, 0.3) is 0 Å². The molecule has 168 valence electrons. The Balaban J connectivity index is 1.61. The maximum Gasteiger partial charge on any atom is 0.262 e. The van der Waals surface area contributed by atoms with E-state index in [0.717, 1.165) is 6.42 Å². The molecule has 0 aromatic heterocycles. The SMILES string of the molecule is CCc1ccc(NC(=O)COc2ccc(S(=O)(=O)Nc3ccc(OC)cc3)cc2C)cc1. The van der Waals surface area contributed by atoms with Gasteiger partial charge >= 0.3 is 0 Å². The normalized spacial score (nSPS) is 11.0. The Labute approximate surface area is 188 Å². The number of carbonyl (C=O) groups is 1. The Morgan fingerprint density at radius 2 is 1.59 bits per heavy atom. The highest BCUT2D eigenvalue weighted by Crippen LogP contribution is 2.24. The van der Waals surface area contributed by atoms with Gasteiger partial charge in [-0.05, 0) is 79.1 Å². The van der Waals surface area contributed by atoms with Gasteiger partial charge in [0, 0.05) is 11.4 Å². The number of nitrogens with one attached hydrogen (secondary N) is 2. The van der Waals surface area contributed by atoms with Crippen molar-refractivity contribution in [2.45, 2.75) is 25.2 Å². The van der Waals surface area contributed by atoms with Gasteiger partial charge in [0.2, 0.25) is 0 Å². The van der Waals surface area contributed by atoms with E-state index in [1.54, 1.807) is 44.4 Å². The average Bonchev–Trinajstić information content (AvgIpc) is 2.79. The fraction of sp³-hybridized carbons (Fsp3) is 0.208. The summed E-state index contributed by atoms with van der Waals surface area (Å²) in [4.78, 5) is 12.3. The summed E-state index contributed by atoms with van der Waals surface area (Å²) in [5.74, 6) is 0.767. The summed E-state index contributed by atoms with van der Waals surface area (Å²) in [6.45, 7) is 3.60. The quantitative estimate of drug-likeness (QED) is 0.500. The van der Waals surface area contributed by atoms with Crippen LogP contribution in [-0.4, -0.2) is 28.0 Å². The van der Waals surface area contributed by atoms with E-state index in [1.807, 2.05) is 24.3 Å². The van der Waals surface area contributed by atoms with Crippen molar-refractivity contribution < 1.29 is 22.7 Å². The first kappa shape index (κ1) is 23.1. The maximum absolute atomic E-state index is 12.7. The molecule has 0 fully saturated rings. The van der Waals surface area contributed by atoms with E-state index in [2.05, 4.69) is 17.0 Å². The van der Waals surface area contributed by atoms with Gasteiger partial charge in [-0.15, -0.1) is 0 Å². The first-order valence-electron chi connectivity index (χ1n) is 10.1. The summed E-state index contributed by atoms with van der Waals surface area (Å²) in [6, 6.07) is 18.7. The van der Waals surface area contributed by atoms with Crippen LogP contribution in [0.15, 0.2) is 71.6 Å². The van der Waals surface area contributed by atoms with Gasteiger partial charge in [0.15, 0.2) is 6.61 Å². The second-order valence-corrected chi connectivity index (χ2v) is 8.83. The molecule has 3 aromatic rings. The summed E-state index contributed by atoms with van der Waals surface area (Å²) in [7, 11) is -2.24. The van der Waals surface area contributed by atoms with Crippen molar-refractivity contribution in [3.63, 3.8) is 0 Å². The van der Waals surface area contributed by atoms with Crippen LogP contribution in [0.5, 0.6) is 11.5 Å². The summed E-state index contributed by atoms with van der Waals surface area (Å²) >= 11 is 0. The molecule has 3 aromatic carbocycles. The minimum absolute atomic E-state index is 0.0960. The number of aryl methyl sites for hydroxylation is 2. The highest BCUT2D eigenvalue weighted by atomic mass is 32.2. The number of sulfonamides is 1. The van der Waals surface area contributed by atoms with Gasteiger partial charge in [-0.2, -0.15) is 0 Å². The van der Waals surface area contributed by atoms with Crippen molar-refractivity contribution in [1.29, 1.82) is 0 Å². The van der Waals surface area contributed by atoms with Crippen molar-refractivity contribution in [3.8, 4) is 11.5 Å². The van der Waals surface area contributed by atoms with Gasteiger partial charge in [-0.1, -0.05) is 19.1 Å². The third-order valence-corrected chi connectivity index (χ3v) is 6.18. The Morgan fingerprint density at radius 1 is 0.938 bits per heavy atom. The Bertz CT molecular complexity index is 1170. The minimum atomic E-state index is -3.78. The molecular weight excluding hydrogens is 428 g/mol. The molecule has 0 aliphatic rings. The monoisotopic (exact) mass is 454 g/mol. The lowest BCUT2D eigenvalue weighted by atomic mass is 10.1. The molecule has 0 saturated carbocycles.